The molecule has 2 N–H and O–H groups in total. The lowest BCUT2D eigenvalue weighted by molar-refractivity contribution is -0.119. The quantitative estimate of drug-likeness (QED) is 0.892. The normalized spacial score (nSPS) is 13.8. The molecule has 0 aliphatic heterocycles. The van der Waals surface area contributed by atoms with Crippen molar-refractivity contribution in [3.05, 3.63) is 66.0 Å². The van der Waals surface area contributed by atoms with E-state index in [9.17, 15) is 4.79 Å². The van der Waals surface area contributed by atoms with Crippen LogP contribution >= 0.6 is 0 Å². The van der Waals surface area contributed by atoms with Crippen LogP contribution in [-0.2, 0) is 4.79 Å². The van der Waals surface area contributed by atoms with Gasteiger partial charge in [0.05, 0.1) is 5.92 Å². The van der Waals surface area contributed by atoms with Crippen molar-refractivity contribution >= 4 is 5.91 Å². The summed E-state index contributed by atoms with van der Waals surface area (Å²) < 4.78 is 0. The molecule has 0 radical (unpaired) electrons. The molecule has 2 aromatic rings. The number of carbonyl (C=O) groups excluding carboxylic acids is 1. The maximum Gasteiger partial charge on any atom is 0.225 e. The van der Waals surface area contributed by atoms with Gasteiger partial charge in [-0.05, 0) is 23.1 Å². The summed E-state index contributed by atoms with van der Waals surface area (Å²) >= 11 is 0. The van der Waals surface area contributed by atoms with E-state index in [-0.39, 0.29) is 17.7 Å². The third-order valence-electron chi connectivity index (χ3n) is 3.18. The van der Waals surface area contributed by atoms with Crippen molar-refractivity contribution in [3.8, 4) is 0 Å². The number of nitrogens with two attached hydrogens (primary N) is 1. The average molecular weight is 240 g/mol. The molecule has 2 unspecified atom stereocenters. The number of aromatic nitrogens is 1. The molecule has 92 valence electrons. The molecule has 18 heavy (non-hydrogen) atoms. The van der Waals surface area contributed by atoms with E-state index in [1.807, 2.05) is 49.4 Å². The molecule has 0 aliphatic carbocycles. The van der Waals surface area contributed by atoms with E-state index in [1.54, 1.807) is 12.4 Å². The predicted molar refractivity (Wildman–Crippen MR) is 71.0 cm³/mol. The van der Waals surface area contributed by atoms with Gasteiger partial charge >= 0.3 is 0 Å². The third kappa shape index (κ3) is 2.56. The van der Waals surface area contributed by atoms with Crippen LogP contribution in [0.25, 0.3) is 0 Å². The first-order chi connectivity index (χ1) is 8.70. The SMILES string of the molecule is CC(c1ccccc1)C(C(N)=O)c1cccnc1. The Morgan fingerprint density at radius 1 is 1.11 bits per heavy atom. The van der Waals surface area contributed by atoms with Crippen molar-refractivity contribution in [2.75, 3.05) is 0 Å². The molecule has 3 heteroatoms. The minimum absolute atomic E-state index is 0.0351. The van der Waals surface area contributed by atoms with Crippen LogP contribution in [0.1, 0.15) is 29.9 Å². The van der Waals surface area contributed by atoms with Gasteiger partial charge in [-0.15, -0.1) is 0 Å². The number of hydrogen-bond donors (Lipinski definition) is 1. The summed E-state index contributed by atoms with van der Waals surface area (Å²) in [4.78, 5) is 15.8. The maximum absolute atomic E-state index is 11.7. The minimum Gasteiger partial charge on any atom is -0.369 e. The number of rotatable bonds is 4. The zero-order valence-electron chi connectivity index (χ0n) is 10.3. The van der Waals surface area contributed by atoms with Gasteiger partial charge in [-0.25, -0.2) is 0 Å². The Hall–Kier alpha value is -2.16. The lowest BCUT2D eigenvalue weighted by Crippen LogP contribution is -2.25. The van der Waals surface area contributed by atoms with E-state index < -0.39 is 0 Å². The molecule has 2 atom stereocenters. The van der Waals surface area contributed by atoms with E-state index in [0.717, 1.165) is 11.1 Å². The molecule has 1 heterocycles. The molecule has 0 spiro atoms. The number of benzene rings is 1. The van der Waals surface area contributed by atoms with E-state index in [2.05, 4.69) is 4.98 Å². The second-order valence-corrected chi connectivity index (χ2v) is 4.37. The van der Waals surface area contributed by atoms with Gasteiger partial charge in [0.15, 0.2) is 0 Å². The highest BCUT2D eigenvalue weighted by atomic mass is 16.1. The van der Waals surface area contributed by atoms with Gasteiger partial charge in [0.1, 0.15) is 0 Å². The highest BCUT2D eigenvalue weighted by Gasteiger charge is 2.25. The van der Waals surface area contributed by atoms with Crippen LogP contribution < -0.4 is 5.73 Å². The van der Waals surface area contributed by atoms with E-state index in [4.69, 9.17) is 5.73 Å². The Balaban J connectivity index is 2.35. The van der Waals surface area contributed by atoms with Gasteiger partial charge in [-0.3, -0.25) is 9.78 Å². The fourth-order valence-corrected chi connectivity index (χ4v) is 2.21. The summed E-state index contributed by atoms with van der Waals surface area (Å²) in [6, 6.07) is 13.6. The van der Waals surface area contributed by atoms with Gasteiger partial charge < -0.3 is 5.73 Å². The number of amides is 1. The molecule has 1 aromatic heterocycles. The molecule has 0 saturated carbocycles. The Labute approximate surface area is 107 Å². The zero-order valence-corrected chi connectivity index (χ0v) is 10.3. The van der Waals surface area contributed by atoms with Crippen LogP contribution in [0.15, 0.2) is 54.9 Å². The van der Waals surface area contributed by atoms with E-state index in [1.165, 1.54) is 0 Å². The summed E-state index contributed by atoms with van der Waals surface area (Å²) in [7, 11) is 0. The number of carbonyl (C=O) groups is 1. The van der Waals surface area contributed by atoms with Crippen molar-refractivity contribution in [1.82, 2.24) is 4.98 Å². The second-order valence-electron chi connectivity index (χ2n) is 4.37. The van der Waals surface area contributed by atoms with E-state index >= 15 is 0 Å². The summed E-state index contributed by atoms with van der Waals surface area (Å²) in [6.45, 7) is 2.01. The first-order valence-corrected chi connectivity index (χ1v) is 5.94. The number of hydrogen-bond acceptors (Lipinski definition) is 2. The second kappa shape index (κ2) is 5.45. The van der Waals surface area contributed by atoms with Crippen LogP contribution in [0, 0.1) is 0 Å². The number of pyridine rings is 1. The van der Waals surface area contributed by atoms with Crippen LogP contribution in [-0.4, -0.2) is 10.9 Å². The topological polar surface area (TPSA) is 56.0 Å². The number of nitrogens with zero attached hydrogens (tertiary/aromatic N) is 1. The molecule has 0 bridgehead atoms. The fourth-order valence-electron chi connectivity index (χ4n) is 2.21. The lowest BCUT2D eigenvalue weighted by Gasteiger charge is -2.21. The lowest BCUT2D eigenvalue weighted by atomic mass is 9.83. The first-order valence-electron chi connectivity index (χ1n) is 5.94. The average Bonchev–Trinajstić information content (AvgIpc) is 2.40. The Kier molecular flexibility index (Phi) is 3.72. The highest BCUT2D eigenvalue weighted by Crippen LogP contribution is 2.31. The molecule has 1 amide bonds. The number of primary amides is 1. The van der Waals surface area contributed by atoms with Gasteiger partial charge in [-0.2, -0.15) is 0 Å². The van der Waals surface area contributed by atoms with Crippen molar-refractivity contribution in [2.45, 2.75) is 18.8 Å². The fraction of sp³-hybridized carbons (Fsp3) is 0.200. The van der Waals surface area contributed by atoms with Crippen molar-refractivity contribution in [2.24, 2.45) is 5.73 Å². The van der Waals surface area contributed by atoms with Gasteiger partial charge in [0.25, 0.3) is 0 Å². The van der Waals surface area contributed by atoms with Crippen LogP contribution in [0.2, 0.25) is 0 Å². The maximum atomic E-state index is 11.7. The van der Waals surface area contributed by atoms with Gasteiger partial charge in [-0.1, -0.05) is 43.3 Å². The molecule has 2 rings (SSSR count). The van der Waals surface area contributed by atoms with Crippen molar-refractivity contribution in [3.63, 3.8) is 0 Å². The predicted octanol–water partition coefficient (Wildman–Crippen LogP) is 2.45. The molecular weight excluding hydrogens is 224 g/mol. The summed E-state index contributed by atoms with van der Waals surface area (Å²) in [5.41, 5.74) is 7.50. The molecule has 1 aromatic carbocycles. The third-order valence-corrected chi connectivity index (χ3v) is 3.18. The van der Waals surface area contributed by atoms with Crippen molar-refractivity contribution in [1.29, 1.82) is 0 Å². The molecule has 3 nitrogen and oxygen atoms in total. The van der Waals surface area contributed by atoms with Crippen LogP contribution in [0.5, 0.6) is 0 Å². The van der Waals surface area contributed by atoms with Crippen LogP contribution in [0.3, 0.4) is 0 Å². The highest BCUT2D eigenvalue weighted by molar-refractivity contribution is 5.83. The smallest absolute Gasteiger partial charge is 0.225 e. The first kappa shape index (κ1) is 12.3. The van der Waals surface area contributed by atoms with E-state index in [0.29, 0.717) is 0 Å². The van der Waals surface area contributed by atoms with Crippen LogP contribution in [0.4, 0.5) is 0 Å². The molecule has 0 aliphatic rings. The Morgan fingerprint density at radius 2 is 1.78 bits per heavy atom. The summed E-state index contributed by atoms with van der Waals surface area (Å²) in [6.07, 6.45) is 3.39. The standard InChI is InChI=1S/C15H16N2O/c1-11(12-6-3-2-4-7-12)14(15(16)18)13-8-5-9-17-10-13/h2-11,14H,1H3,(H2,16,18). The molecule has 0 saturated heterocycles. The zero-order chi connectivity index (χ0) is 13.0. The summed E-state index contributed by atoms with van der Waals surface area (Å²) in [5, 5.41) is 0. The molecular formula is C15H16N2O. The summed E-state index contributed by atoms with van der Waals surface area (Å²) in [5.74, 6) is -0.631. The van der Waals surface area contributed by atoms with Gasteiger partial charge in [0.2, 0.25) is 5.91 Å². The molecule has 0 fully saturated rings. The monoisotopic (exact) mass is 240 g/mol. The van der Waals surface area contributed by atoms with Gasteiger partial charge in [0, 0.05) is 12.4 Å². The Bertz CT molecular complexity index is 511. The van der Waals surface area contributed by atoms with Crippen molar-refractivity contribution < 1.29 is 4.79 Å². The minimum atomic E-state index is -0.346. The largest absolute Gasteiger partial charge is 0.369 e. The Morgan fingerprint density at radius 3 is 2.33 bits per heavy atom.